The number of hydrogen-bond donors (Lipinski definition) is 0. The summed E-state index contributed by atoms with van der Waals surface area (Å²) in [6, 6.07) is 0. The number of ether oxygens (including phenoxy) is 1. The van der Waals surface area contributed by atoms with E-state index in [1.165, 1.54) is 0 Å². The van der Waals surface area contributed by atoms with Crippen LogP contribution in [0.4, 0.5) is 0 Å². The first kappa shape index (κ1) is 11.6. The molecule has 0 aromatic heterocycles. The van der Waals surface area contributed by atoms with Crippen molar-refractivity contribution >= 4 is 5.78 Å². The molecule has 1 unspecified atom stereocenters. The van der Waals surface area contributed by atoms with Gasteiger partial charge >= 0.3 is 0 Å². The van der Waals surface area contributed by atoms with Gasteiger partial charge in [-0.3, -0.25) is 4.79 Å². The van der Waals surface area contributed by atoms with Crippen molar-refractivity contribution in [1.29, 1.82) is 0 Å². The van der Waals surface area contributed by atoms with Crippen LogP contribution in [0.25, 0.3) is 0 Å². The molecule has 72 valence electrons. The smallest absolute Gasteiger partial charge is 0.161 e. The molecule has 0 bridgehead atoms. The van der Waals surface area contributed by atoms with Crippen LogP contribution in [0.5, 0.6) is 0 Å². The van der Waals surface area contributed by atoms with E-state index in [1.807, 2.05) is 27.7 Å². The van der Waals surface area contributed by atoms with E-state index in [4.69, 9.17) is 4.74 Å². The van der Waals surface area contributed by atoms with Crippen LogP contribution in [0.2, 0.25) is 0 Å². The number of carbonyl (C=O) groups excluding carboxylic acids is 1. The lowest BCUT2D eigenvalue weighted by atomic mass is 10.0. The summed E-state index contributed by atoms with van der Waals surface area (Å²) in [4.78, 5) is 11.3. The van der Waals surface area contributed by atoms with Gasteiger partial charge in [0.05, 0.1) is 0 Å². The van der Waals surface area contributed by atoms with Crippen LogP contribution in [-0.2, 0) is 9.53 Å². The van der Waals surface area contributed by atoms with Gasteiger partial charge in [-0.25, -0.2) is 0 Å². The van der Waals surface area contributed by atoms with Gasteiger partial charge in [0.15, 0.2) is 5.78 Å². The highest BCUT2D eigenvalue weighted by molar-refractivity contribution is 5.82. The molecule has 0 rings (SSSR count). The monoisotopic (exact) mass is 172 g/mol. The fourth-order valence-corrected chi connectivity index (χ4v) is 1.10. The average Bonchev–Trinajstić information content (AvgIpc) is 2.04. The molecular weight excluding hydrogens is 152 g/mol. The van der Waals surface area contributed by atoms with Gasteiger partial charge in [-0.15, -0.1) is 0 Å². The van der Waals surface area contributed by atoms with E-state index in [-0.39, 0.29) is 11.9 Å². The van der Waals surface area contributed by atoms with Crippen LogP contribution in [0.3, 0.4) is 0 Å². The van der Waals surface area contributed by atoms with E-state index in [1.54, 1.807) is 0 Å². The highest BCUT2D eigenvalue weighted by Crippen LogP contribution is 2.09. The number of ketones is 1. The fraction of sp³-hybridized carbons (Fsp3) is 0.900. The molecule has 0 spiro atoms. The van der Waals surface area contributed by atoms with Gasteiger partial charge in [-0.1, -0.05) is 27.7 Å². The van der Waals surface area contributed by atoms with Crippen LogP contribution in [0, 0.1) is 5.92 Å². The van der Waals surface area contributed by atoms with E-state index in [0.717, 1.165) is 6.42 Å². The van der Waals surface area contributed by atoms with E-state index in [9.17, 15) is 4.79 Å². The Kier molecular flexibility index (Phi) is 5.99. The third kappa shape index (κ3) is 3.86. The Hall–Kier alpha value is -0.370. The minimum absolute atomic E-state index is 0.185. The molecule has 0 heterocycles. The van der Waals surface area contributed by atoms with Crippen LogP contribution in [0.1, 0.15) is 40.5 Å². The average molecular weight is 172 g/mol. The minimum Gasteiger partial charge on any atom is -0.370 e. The SMILES string of the molecule is CCCOC(C(=O)CC)C(C)C. The van der Waals surface area contributed by atoms with Gasteiger partial charge in [0.25, 0.3) is 0 Å². The molecule has 0 amide bonds. The zero-order chi connectivity index (χ0) is 9.56. The second-order valence-corrected chi connectivity index (χ2v) is 3.36. The van der Waals surface area contributed by atoms with Crippen molar-refractivity contribution in [3.8, 4) is 0 Å². The third-order valence-electron chi connectivity index (χ3n) is 1.77. The standard InChI is InChI=1S/C10H20O2/c1-5-7-12-10(8(3)4)9(11)6-2/h8,10H,5-7H2,1-4H3. The summed E-state index contributed by atoms with van der Waals surface area (Å²) in [5.41, 5.74) is 0. The van der Waals surface area contributed by atoms with Gasteiger partial charge < -0.3 is 4.74 Å². The lowest BCUT2D eigenvalue weighted by Gasteiger charge is -2.19. The first-order valence-corrected chi connectivity index (χ1v) is 4.77. The highest BCUT2D eigenvalue weighted by Gasteiger charge is 2.20. The van der Waals surface area contributed by atoms with Crippen molar-refractivity contribution in [3.63, 3.8) is 0 Å². The molecule has 0 aliphatic carbocycles. The maximum Gasteiger partial charge on any atom is 0.161 e. The van der Waals surface area contributed by atoms with Crippen molar-refractivity contribution in [2.45, 2.75) is 46.6 Å². The lowest BCUT2D eigenvalue weighted by molar-refractivity contribution is -0.133. The normalized spacial score (nSPS) is 13.4. The first-order chi connectivity index (χ1) is 5.63. The minimum atomic E-state index is -0.185. The zero-order valence-corrected chi connectivity index (χ0v) is 8.59. The van der Waals surface area contributed by atoms with Crippen molar-refractivity contribution in [1.82, 2.24) is 0 Å². The topological polar surface area (TPSA) is 26.3 Å². The van der Waals surface area contributed by atoms with E-state index >= 15 is 0 Å². The Labute approximate surface area is 75.3 Å². The quantitative estimate of drug-likeness (QED) is 0.615. The number of Topliss-reactive ketones (excluding diaryl/α,β-unsaturated/α-hetero) is 1. The second-order valence-electron chi connectivity index (χ2n) is 3.36. The molecule has 2 heteroatoms. The van der Waals surface area contributed by atoms with Crippen molar-refractivity contribution < 1.29 is 9.53 Å². The van der Waals surface area contributed by atoms with Crippen LogP contribution in [0.15, 0.2) is 0 Å². The largest absolute Gasteiger partial charge is 0.370 e. The first-order valence-electron chi connectivity index (χ1n) is 4.77. The maximum absolute atomic E-state index is 11.3. The van der Waals surface area contributed by atoms with Crippen molar-refractivity contribution in [2.24, 2.45) is 5.92 Å². The molecule has 0 N–H and O–H groups in total. The Balaban J connectivity index is 3.95. The lowest BCUT2D eigenvalue weighted by Crippen LogP contribution is -2.29. The van der Waals surface area contributed by atoms with Gasteiger partial charge in [0.1, 0.15) is 6.10 Å². The van der Waals surface area contributed by atoms with Crippen molar-refractivity contribution in [2.75, 3.05) is 6.61 Å². The number of hydrogen-bond acceptors (Lipinski definition) is 2. The molecule has 12 heavy (non-hydrogen) atoms. The summed E-state index contributed by atoms with van der Waals surface area (Å²) < 4.78 is 5.46. The Morgan fingerprint density at radius 3 is 2.25 bits per heavy atom. The zero-order valence-electron chi connectivity index (χ0n) is 8.59. The Morgan fingerprint density at radius 2 is 1.92 bits per heavy atom. The summed E-state index contributed by atoms with van der Waals surface area (Å²) in [6.07, 6.45) is 1.36. The summed E-state index contributed by atoms with van der Waals surface area (Å²) in [5.74, 6) is 0.516. The second kappa shape index (κ2) is 6.18. The summed E-state index contributed by atoms with van der Waals surface area (Å²) in [6.45, 7) is 8.66. The Morgan fingerprint density at radius 1 is 1.33 bits per heavy atom. The Bertz CT molecular complexity index is 130. The molecule has 0 saturated heterocycles. The molecule has 0 aromatic carbocycles. The summed E-state index contributed by atoms with van der Waals surface area (Å²) >= 11 is 0. The molecular formula is C10H20O2. The predicted octanol–water partition coefficient (Wildman–Crippen LogP) is 2.42. The molecule has 0 aromatic rings. The molecule has 2 nitrogen and oxygen atoms in total. The van der Waals surface area contributed by atoms with Gasteiger partial charge in [-0.05, 0) is 12.3 Å². The molecule has 0 radical (unpaired) electrons. The van der Waals surface area contributed by atoms with Gasteiger partial charge in [-0.2, -0.15) is 0 Å². The molecule has 0 fully saturated rings. The van der Waals surface area contributed by atoms with E-state index in [0.29, 0.717) is 18.9 Å². The van der Waals surface area contributed by atoms with Gasteiger partial charge in [0.2, 0.25) is 0 Å². The molecule has 0 aliphatic rings. The predicted molar refractivity (Wildman–Crippen MR) is 50.2 cm³/mol. The van der Waals surface area contributed by atoms with Crippen LogP contribution < -0.4 is 0 Å². The summed E-state index contributed by atoms with van der Waals surface area (Å²) in [7, 11) is 0. The summed E-state index contributed by atoms with van der Waals surface area (Å²) in [5, 5.41) is 0. The van der Waals surface area contributed by atoms with Crippen molar-refractivity contribution in [3.05, 3.63) is 0 Å². The molecule has 1 atom stereocenters. The number of carbonyl (C=O) groups is 1. The van der Waals surface area contributed by atoms with E-state index < -0.39 is 0 Å². The van der Waals surface area contributed by atoms with Gasteiger partial charge in [0, 0.05) is 13.0 Å². The van der Waals surface area contributed by atoms with E-state index in [2.05, 4.69) is 0 Å². The maximum atomic E-state index is 11.3. The fourth-order valence-electron chi connectivity index (χ4n) is 1.10. The van der Waals surface area contributed by atoms with Crippen LogP contribution >= 0.6 is 0 Å². The molecule has 0 saturated carbocycles. The third-order valence-corrected chi connectivity index (χ3v) is 1.77. The highest BCUT2D eigenvalue weighted by atomic mass is 16.5. The number of rotatable bonds is 6. The molecule has 0 aliphatic heterocycles. The van der Waals surface area contributed by atoms with Crippen LogP contribution in [-0.4, -0.2) is 18.5 Å².